The van der Waals surface area contributed by atoms with E-state index in [4.69, 9.17) is 11.6 Å². The molecule has 20 heavy (non-hydrogen) atoms. The van der Waals surface area contributed by atoms with Gasteiger partial charge in [-0.2, -0.15) is 0 Å². The lowest BCUT2D eigenvalue weighted by molar-refractivity contribution is 0.0842. The number of hydrogen-bond donors (Lipinski definition) is 2. The highest BCUT2D eigenvalue weighted by Crippen LogP contribution is 2.46. The number of halogens is 2. The number of benzene rings is 1. The molecule has 0 aromatic heterocycles. The molecule has 0 radical (unpaired) electrons. The fraction of sp³-hybridized carbons (Fsp3) is 0.600. The number of aromatic hydroxyl groups is 1. The lowest BCUT2D eigenvalue weighted by atomic mass is 9.80. The molecule has 1 aromatic rings. The molecule has 1 aliphatic heterocycles. The summed E-state index contributed by atoms with van der Waals surface area (Å²) in [5.41, 5.74) is 0.814. The van der Waals surface area contributed by atoms with Crippen molar-refractivity contribution in [3.8, 4) is 5.75 Å². The van der Waals surface area contributed by atoms with E-state index in [-0.39, 0.29) is 17.2 Å². The second-order valence-electron chi connectivity index (χ2n) is 6.35. The quantitative estimate of drug-likeness (QED) is 0.841. The molecule has 5 heteroatoms. The van der Waals surface area contributed by atoms with Crippen LogP contribution < -0.4 is 5.32 Å². The van der Waals surface area contributed by atoms with Gasteiger partial charge in [0.1, 0.15) is 5.75 Å². The zero-order valence-electron chi connectivity index (χ0n) is 12.2. The molecule has 1 saturated heterocycles. The van der Waals surface area contributed by atoms with E-state index in [1.54, 1.807) is 6.07 Å². The Labute approximate surface area is 134 Å². The first kappa shape index (κ1) is 16.1. The molecule has 112 valence electrons. The first-order valence-corrected chi connectivity index (χ1v) is 8.11. The maximum absolute atomic E-state index is 10.5. The van der Waals surface area contributed by atoms with Crippen molar-refractivity contribution in [3.05, 3.63) is 27.2 Å². The van der Waals surface area contributed by atoms with Crippen LogP contribution in [0.15, 0.2) is 16.6 Å². The van der Waals surface area contributed by atoms with Gasteiger partial charge in [-0.15, -0.1) is 0 Å². The van der Waals surface area contributed by atoms with Gasteiger partial charge >= 0.3 is 0 Å². The monoisotopic (exact) mass is 360 g/mol. The van der Waals surface area contributed by atoms with E-state index in [1.807, 2.05) is 6.07 Å². The zero-order valence-corrected chi connectivity index (χ0v) is 14.6. The summed E-state index contributed by atoms with van der Waals surface area (Å²) in [6.07, 6.45) is 0. The van der Waals surface area contributed by atoms with Gasteiger partial charge in [-0.25, -0.2) is 0 Å². The minimum Gasteiger partial charge on any atom is -0.506 e. The van der Waals surface area contributed by atoms with Gasteiger partial charge in [-0.1, -0.05) is 32.4 Å². The smallest absolute Gasteiger partial charge is 0.136 e. The van der Waals surface area contributed by atoms with Crippen molar-refractivity contribution in [1.29, 1.82) is 0 Å². The molecule has 0 aliphatic carbocycles. The maximum atomic E-state index is 10.5. The Kier molecular flexibility index (Phi) is 5.00. The van der Waals surface area contributed by atoms with Crippen LogP contribution in [0.3, 0.4) is 0 Å². The van der Waals surface area contributed by atoms with Gasteiger partial charge in [0.25, 0.3) is 0 Å². The third-order valence-electron chi connectivity index (χ3n) is 3.73. The molecule has 1 aliphatic rings. The Morgan fingerprint density at radius 3 is 2.45 bits per heavy atom. The molecule has 3 nitrogen and oxygen atoms in total. The van der Waals surface area contributed by atoms with Gasteiger partial charge in [-0.05, 0) is 33.5 Å². The average Bonchev–Trinajstić information content (AvgIpc) is 2.39. The normalized spacial score (nSPS) is 19.1. The Balaban J connectivity index is 2.49. The van der Waals surface area contributed by atoms with Crippen molar-refractivity contribution in [2.45, 2.75) is 26.8 Å². The Hall–Kier alpha value is -0.290. The van der Waals surface area contributed by atoms with Crippen molar-refractivity contribution in [2.24, 2.45) is 5.41 Å². The predicted molar refractivity (Wildman–Crippen MR) is 87.5 cm³/mol. The minimum absolute atomic E-state index is 0.0146. The molecule has 0 unspecified atom stereocenters. The molecule has 2 rings (SSSR count). The van der Waals surface area contributed by atoms with Crippen molar-refractivity contribution >= 4 is 27.5 Å². The summed E-state index contributed by atoms with van der Waals surface area (Å²) in [6, 6.07) is 3.73. The Bertz CT molecular complexity index is 481. The number of rotatable bonds is 2. The van der Waals surface area contributed by atoms with Crippen LogP contribution in [-0.2, 0) is 0 Å². The van der Waals surface area contributed by atoms with Gasteiger partial charge in [0.05, 0.1) is 4.47 Å². The van der Waals surface area contributed by atoms with Gasteiger partial charge in [0.15, 0.2) is 0 Å². The number of nitrogens with zero attached hydrogens (tertiary/aromatic N) is 1. The largest absolute Gasteiger partial charge is 0.506 e. The summed E-state index contributed by atoms with van der Waals surface area (Å²) in [5.74, 6) is 0.260. The van der Waals surface area contributed by atoms with Crippen LogP contribution >= 0.6 is 27.5 Å². The lowest BCUT2D eigenvalue weighted by Gasteiger charge is -2.43. The summed E-state index contributed by atoms with van der Waals surface area (Å²) < 4.78 is 0.696. The second kappa shape index (κ2) is 6.22. The molecular weight excluding hydrogens is 340 g/mol. The van der Waals surface area contributed by atoms with Gasteiger partial charge in [0.2, 0.25) is 0 Å². The summed E-state index contributed by atoms with van der Waals surface area (Å²) in [6.45, 7) is 10.4. The number of nitrogens with one attached hydrogen (secondary N) is 1. The molecule has 0 bridgehead atoms. The van der Waals surface area contributed by atoms with E-state index < -0.39 is 0 Å². The van der Waals surface area contributed by atoms with Crippen LogP contribution in [0.1, 0.15) is 32.4 Å². The van der Waals surface area contributed by atoms with E-state index in [1.165, 1.54) is 0 Å². The highest BCUT2D eigenvalue weighted by Gasteiger charge is 2.36. The van der Waals surface area contributed by atoms with Crippen LogP contribution in [0.25, 0.3) is 0 Å². The topological polar surface area (TPSA) is 35.5 Å². The SMILES string of the molecule is CC(C)(C)[C@H](c1c(Cl)ccc(Br)c1O)N1CCNCC1. The van der Waals surface area contributed by atoms with Crippen molar-refractivity contribution in [2.75, 3.05) is 26.2 Å². The lowest BCUT2D eigenvalue weighted by Crippen LogP contribution is -2.48. The molecule has 1 aromatic carbocycles. The summed E-state index contributed by atoms with van der Waals surface area (Å²) >= 11 is 9.80. The van der Waals surface area contributed by atoms with Gasteiger partial charge in [0, 0.05) is 42.8 Å². The van der Waals surface area contributed by atoms with Crippen LogP contribution in [0.4, 0.5) is 0 Å². The molecule has 1 heterocycles. The van der Waals surface area contributed by atoms with Crippen LogP contribution in [0.2, 0.25) is 5.02 Å². The first-order chi connectivity index (χ1) is 9.32. The Morgan fingerprint density at radius 2 is 1.90 bits per heavy atom. The predicted octanol–water partition coefficient (Wildman–Crippen LogP) is 3.80. The first-order valence-electron chi connectivity index (χ1n) is 6.94. The highest BCUT2D eigenvalue weighted by atomic mass is 79.9. The maximum Gasteiger partial charge on any atom is 0.136 e. The van der Waals surface area contributed by atoms with Crippen LogP contribution in [0, 0.1) is 5.41 Å². The van der Waals surface area contributed by atoms with Gasteiger partial charge in [-0.3, -0.25) is 4.90 Å². The summed E-state index contributed by atoms with van der Waals surface area (Å²) in [5, 5.41) is 14.5. The van der Waals surface area contributed by atoms with Crippen molar-refractivity contribution in [1.82, 2.24) is 10.2 Å². The molecule has 0 amide bonds. The van der Waals surface area contributed by atoms with Crippen molar-refractivity contribution < 1.29 is 5.11 Å². The number of phenols is 1. The van der Waals surface area contributed by atoms with E-state index in [0.717, 1.165) is 31.7 Å². The number of piperazine rings is 1. The van der Waals surface area contributed by atoms with Gasteiger partial charge < -0.3 is 10.4 Å². The van der Waals surface area contributed by atoms with E-state index in [0.29, 0.717) is 9.50 Å². The highest BCUT2D eigenvalue weighted by molar-refractivity contribution is 9.10. The minimum atomic E-state index is -0.0146. The van der Waals surface area contributed by atoms with E-state index in [9.17, 15) is 5.11 Å². The standard InChI is InChI=1S/C15H22BrClN2O/c1-15(2,3)14(19-8-6-18-7-9-19)12-11(17)5-4-10(16)13(12)20/h4-5,14,18,20H,6-9H2,1-3H3/t14-/m0/s1. The summed E-state index contributed by atoms with van der Waals surface area (Å²) in [4.78, 5) is 2.41. The van der Waals surface area contributed by atoms with E-state index >= 15 is 0 Å². The molecule has 1 atom stereocenters. The molecule has 0 saturated carbocycles. The second-order valence-corrected chi connectivity index (χ2v) is 7.61. The molecular formula is C15H22BrClN2O. The fourth-order valence-electron chi connectivity index (χ4n) is 2.92. The fourth-order valence-corrected chi connectivity index (χ4v) is 3.52. The van der Waals surface area contributed by atoms with E-state index in [2.05, 4.69) is 46.9 Å². The summed E-state index contributed by atoms with van der Waals surface area (Å²) in [7, 11) is 0. The zero-order chi connectivity index (χ0) is 14.9. The Morgan fingerprint density at radius 1 is 1.30 bits per heavy atom. The molecule has 1 fully saturated rings. The molecule has 0 spiro atoms. The van der Waals surface area contributed by atoms with Crippen molar-refractivity contribution in [3.63, 3.8) is 0 Å². The number of phenolic OH excluding ortho intramolecular Hbond substituents is 1. The molecule has 2 N–H and O–H groups in total. The average molecular weight is 362 g/mol. The third kappa shape index (κ3) is 3.30. The third-order valence-corrected chi connectivity index (χ3v) is 4.69. The number of hydrogen-bond acceptors (Lipinski definition) is 3. The van der Waals surface area contributed by atoms with Crippen LogP contribution in [0.5, 0.6) is 5.75 Å². The van der Waals surface area contributed by atoms with Crippen LogP contribution in [-0.4, -0.2) is 36.2 Å².